The van der Waals surface area contributed by atoms with E-state index in [0.717, 1.165) is 0 Å². The van der Waals surface area contributed by atoms with E-state index < -0.39 is 8.07 Å². The van der Waals surface area contributed by atoms with Crippen LogP contribution in [0.2, 0.25) is 13.1 Å². The van der Waals surface area contributed by atoms with Gasteiger partial charge in [0.05, 0.1) is 0 Å². The second-order valence-corrected chi connectivity index (χ2v) is 10.8. The molecule has 26 heavy (non-hydrogen) atoms. The summed E-state index contributed by atoms with van der Waals surface area (Å²) in [4.78, 5) is 0. The summed E-state index contributed by atoms with van der Waals surface area (Å²) in [5, 5.41) is 5.32. The first kappa shape index (κ1) is 27.5. The van der Waals surface area contributed by atoms with Crippen molar-refractivity contribution in [3.05, 3.63) is 98.0 Å². The maximum Gasteiger partial charge on any atom is 0 e. The second kappa shape index (κ2) is 13.5. The zero-order chi connectivity index (χ0) is 16.7. The van der Waals surface area contributed by atoms with E-state index in [1.807, 2.05) is 0 Å². The van der Waals surface area contributed by atoms with Crippen LogP contribution in [0.3, 0.4) is 0 Å². The minimum Gasteiger partial charge on any atom is -1.00 e. The summed E-state index contributed by atoms with van der Waals surface area (Å²) in [5.74, 6) is 0. The molecule has 4 heteroatoms. The minimum absolute atomic E-state index is 0. The molecule has 140 valence electrons. The van der Waals surface area contributed by atoms with Crippen LogP contribution >= 0.6 is 0 Å². The van der Waals surface area contributed by atoms with Crippen LogP contribution in [0, 0.1) is 13.1 Å². The molecule has 0 aliphatic carbocycles. The van der Waals surface area contributed by atoms with Crippen molar-refractivity contribution < 1.29 is 50.7 Å². The Bertz CT molecular complexity index is 711. The Morgan fingerprint density at radius 1 is 0.654 bits per heavy atom. The van der Waals surface area contributed by atoms with Gasteiger partial charge in [0.25, 0.3) is 0 Å². The molecular weight excluding hydrogens is 542 g/mol. The maximum atomic E-state index is 3.80. The average molecular weight is 566 g/mol. The molecule has 0 amide bonds. The molecular formula is C22H24Cl2HfSi-6. The molecule has 0 aliphatic rings. The minimum atomic E-state index is -1.11. The van der Waals surface area contributed by atoms with Crippen LogP contribution in [-0.2, 0) is 25.8 Å². The van der Waals surface area contributed by atoms with Crippen LogP contribution in [0.15, 0.2) is 84.9 Å². The number of fused-ring (bicyclic) bond motifs is 2. The maximum absolute atomic E-state index is 3.80. The first-order valence-electron chi connectivity index (χ1n) is 7.85. The average Bonchev–Trinajstić information content (AvgIpc) is 3.15. The Labute approximate surface area is 190 Å². The van der Waals surface area contributed by atoms with Gasteiger partial charge in [-0.3, -0.25) is 8.07 Å². The van der Waals surface area contributed by atoms with Crippen molar-refractivity contribution in [3.8, 4) is 0 Å². The first-order valence-corrected chi connectivity index (χ1v) is 11.3. The number of hydrogen-bond acceptors (Lipinski definition) is 0. The van der Waals surface area contributed by atoms with Gasteiger partial charge in [0.15, 0.2) is 0 Å². The van der Waals surface area contributed by atoms with Gasteiger partial charge in [-0.15, -0.1) is 72.4 Å². The summed E-state index contributed by atoms with van der Waals surface area (Å²) >= 11 is 0. The predicted molar refractivity (Wildman–Crippen MR) is 107 cm³/mol. The monoisotopic (exact) mass is 566 g/mol. The molecule has 0 nitrogen and oxygen atoms in total. The standard InChI is InChI=1S/2C9H7.C4H10Si.2ClH.Hf/c2*1-2-5-9-7-3-6-8(9)4-1;1-5(2,3)4;;;/h2*1-7H;1-2H2,3-4H3;2*1H;/q2*-1;-2;;;/p-2. The molecule has 4 rings (SSSR count). The molecule has 0 aromatic heterocycles. The van der Waals surface area contributed by atoms with Crippen LogP contribution in [0.25, 0.3) is 21.5 Å². The molecule has 0 saturated carbocycles. The molecule has 4 aromatic carbocycles. The normalized spacial score (nSPS) is 9.38. The summed E-state index contributed by atoms with van der Waals surface area (Å²) in [6, 6.07) is 29.3. The van der Waals surface area contributed by atoms with Crippen molar-refractivity contribution in [2.45, 2.75) is 13.1 Å². The number of halogens is 2. The van der Waals surface area contributed by atoms with E-state index in [4.69, 9.17) is 0 Å². The molecule has 0 bridgehead atoms. The van der Waals surface area contributed by atoms with Gasteiger partial charge in [-0.05, 0) is 0 Å². The Morgan fingerprint density at radius 2 is 0.962 bits per heavy atom. The SMILES string of the molecule is [CH2-][Si]([CH2-])(C)C.[Cl-].[Cl-].[Hf].c1ccc2[cH-]ccc2c1.c1ccc2[cH-]ccc2c1. The van der Waals surface area contributed by atoms with Crippen LogP contribution in [-0.4, -0.2) is 8.07 Å². The fourth-order valence-electron chi connectivity index (χ4n) is 2.14. The molecule has 0 fully saturated rings. The van der Waals surface area contributed by atoms with E-state index in [0.29, 0.717) is 0 Å². The van der Waals surface area contributed by atoms with Crippen LogP contribution in [0.1, 0.15) is 0 Å². The van der Waals surface area contributed by atoms with Crippen molar-refractivity contribution in [3.63, 3.8) is 0 Å². The van der Waals surface area contributed by atoms with Gasteiger partial charge in [-0.25, -0.2) is 0 Å². The van der Waals surface area contributed by atoms with Crippen molar-refractivity contribution in [2.75, 3.05) is 0 Å². The van der Waals surface area contributed by atoms with Gasteiger partial charge in [-0.1, -0.05) is 12.1 Å². The van der Waals surface area contributed by atoms with Crippen molar-refractivity contribution in [2.24, 2.45) is 0 Å². The van der Waals surface area contributed by atoms with E-state index in [1.165, 1.54) is 21.5 Å². The van der Waals surface area contributed by atoms with Gasteiger partial charge in [0.1, 0.15) is 0 Å². The summed E-state index contributed by atoms with van der Waals surface area (Å²) in [7, 11) is -1.11. The summed E-state index contributed by atoms with van der Waals surface area (Å²) < 4.78 is 0. The summed E-state index contributed by atoms with van der Waals surface area (Å²) in [5.41, 5.74) is 0. The van der Waals surface area contributed by atoms with Crippen molar-refractivity contribution >= 4 is 29.6 Å². The largest absolute Gasteiger partial charge is 1.00 e. The quantitative estimate of drug-likeness (QED) is 0.216. The van der Waals surface area contributed by atoms with Gasteiger partial charge in [-0.2, -0.15) is 35.0 Å². The molecule has 0 atom stereocenters. The molecule has 0 aliphatic heterocycles. The second-order valence-electron chi connectivity index (χ2n) is 6.47. The van der Waals surface area contributed by atoms with Gasteiger partial charge in [0, 0.05) is 25.8 Å². The number of hydrogen-bond donors (Lipinski definition) is 0. The van der Waals surface area contributed by atoms with Crippen molar-refractivity contribution in [1.82, 2.24) is 0 Å². The fraction of sp³-hybridized carbons (Fsp3) is 0.0909. The third-order valence-electron chi connectivity index (χ3n) is 3.10. The molecule has 0 N–H and O–H groups in total. The molecule has 0 unspecified atom stereocenters. The zero-order valence-corrected chi connectivity index (χ0v) is 21.4. The first-order chi connectivity index (χ1) is 10.9. The van der Waals surface area contributed by atoms with E-state index in [1.54, 1.807) is 0 Å². The van der Waals surface area contributed by atoms with E-state index in [9.17, 15) is 0 Å². The van der Waals surface area contributed by atoms with E-state index >= 15 is 0 Å². The molecule has 4 aromatic rings. The smallest absolute Gasteiger partial charge is 0 e. The Hall–Kier alpha value is -0.673. The van der Waals surface area contributed by atoms with Crippen LogP contribution in [0.5, 0.6) is 0 Å². The Balaban J connectivity index is 0. The van der Waals surface area contributed by atoms with Crippen LogP contribution in [0.4, 0.5) is 0 Å². The van der Waals surface area contributed by atoms with E-state index in [2.05, 4.69) is 111 Å². The summed E-state index contributed by atoms with van der Waals surface area (Å²) in [6.45, 7) is 11.8. The van der Waals surface area contributed by atoms with Gasteiger partial charge >= 0.3 is 0 Å². The molecule has 0 saturated heterocycles. The van der Waals surface area contributed by atoms with Crippen molar-refractivity contribution in [1.29, 1.82) is 0 Å². The number of rotatable bonds is 0. The Kier molecular flexibility index (Phi) is 14.3. The predicted octanol–water partition coefficient (Wildman–Crippen LogP) is 0.564. The molecule has 0 heterocycles. The third kappa shape index (κ3) is 10.5. The molecule has 0 radical (unpaired) electrons. The topological polar surface area (TPSA) is 0 Å². The zero-order valence-electron chi connectivity index (χ0n) is 15.3. The fourth-order valence-corrected chi connectivity index (χ4v) is 2.14. The Morgan fingerprint density at radius 3 is 1.27 bits per heavy atom. The van der Waals surface area contributed by atoms with Gasteiger partial charge < -0.3 is 37.9 Å². The van der Waals surface area contributed by atoms with E-state index in [-0.39, 0.29) is 50.7 Å². The summed E-state index contributed by atoms with van der Waals surface area (Å²) in [6.07, 6.45) is 0. The van der Waals surface area contributed by atoms with Crippen LogP contribution < -0.4 is 24.8 Å². The third-order valence-corrected chi connectivity index (χ3v) is 3.10. The number of benzene rings is 2. The molecule has 0 spiro atoms. The van der Waals surface area contributed by atoms with Gasteiger partial charge in [0.2, 0.25) is 0 Å².